The summed E-state index contributed by atoms with van der Waals surface area (Å²) in [5.74, 6) is -1.49. The van der Waals surface area contributed by atoms with Crippen LogP contribution in [0.5, 0.6) is 0 Å². The molecule has 1 aliphatic rings. The number of nitrogens with one attached hydrogen (secondary N) is 1. The van der Waals surface area contributed by atoms with E-state index in [0.717, 1.165) is 31.0 Å². The van der Waals surface area contributed by atoms with Crippen molar-refractivity contribution in [2.75, 3.05) is 18.5 Å². The topological polar surface area (TPSA) is 52.6 Å². The Morgan fingerprint density at radius 1 is 1.39 bits per heavy atom. The Morgan fingerprint density at radius 3 is 2.67 bits per heavy atom. The second-order valence-electron chi connectivity index (χ2n) is 4.26. The highest BCUT2D eigenvalue weighted by atomic mass is 19.1. The van der Waals surface area contributed by atoms with Gasteiger partial charge < -0.3 is 15.3 Å². The van der Waals surface area contributed by atoms with Crippen LogP contribution in [-0.4, -0.2) is 35.2 Å². The van der Waals surface area contributed by atoms with Gasteiger partial charge in [0.1, 0.15) is 11.6 Å². The van der Waals surface area contributed by atoms with Crippen molar-refractivity contribution >= 4 is 11.7 Å². The molecule has 2 rings (SSSR count). The minimum Gasteiger partial charge on any atom is -0.394 e. The molecule has 0 saturated carbocycles. The number of benzene rings is 1. The lowest BCUT2D eigenvalue weighted by Crippen LogP contribution is -2.40. The average molecular weight is 256 g/mol. The van der Waals surface area contributed by atoms with Crippen molar-refractivity contribution in [2.45, 2.75) is 18.9 Å². The van der Waals surface area contributed by atoms with E-state index in [1.54, 1.807) is 0 Å². The van der Waals surface area contributed by atoms with Crippen molar-refractivity contribution < 1.29 is 18.7 Å². The van der Waals surface area contributed by atoms with E-state index < -0.39 is 17.7 Å². The molecule has 1 unspecified atom stereocenters. The zero-order valence-corrected chi connectivity index (χ0v) is 9.70. The SMILES string of the molecule is O=C(Nc1cc(F)cc(F)c1)N1CCCC1CO. The number of likely N-dealkylation sites (tertiary alicyclic amines) is 1. The second kappa shape index (κ2) is 5.30. The molecule has 4 nitrogen and oxygen atoms in total. The minimum atomic E-state index is -0.745. The molecule has 0 radical (unpaired) electrons. The highest BCUT2D eigenvalue weighted by Gasteiger charge is 2.28. The summed E-state index contributed by atoms with van der Waals surface area (Å²) in [4.78, 5) is 13.3. The molecule has 1 saturated heterocycles. The number of hydrogen-bond acceptors (Lipinski definition) is 2. The van der Waals surface area contributed by atoms with Crippen molar-refractivity contribution in [3.8, 4) is 0 Å². The summed E-state index contributed by atoms with van der Waals surface area (Å²) in [5, 5.41) is 11.5. The standard InChI is InChI=1S/C12H14F2N2O2/c13-8-4-9(14)6-10(5-8)15-12(18)16-3-1-2-11(16)7-17/h4-6,11,17H,1-3,7H2,(H,15,18). The molecule has 2 amide bonds. The van der Waals surface area contributed by atoms with Gasteiger partial charge in [0, 0.05) is 18.3 Å². The van der Waals surface area contributed by atoms with E-state index in [2.05, 4.69) is 5.32 Å². The molecule has 1 fully saturated rings. The molecule has 0 spiro atoms. The molecule has 18 heavy (non-hydrogen) atoms. The summed E-state index contributed by atoms with van der Waals surface area (Å²) >= 11 is 0. The first-order chi connectivity index (χ1) is 8.60. The maximum atomic E-state index is 13.0. The van der Waals surface area contributed by atoms with Crippen LogP contribution in [0.25, 0.3) is 0 Å². The fraction of sp³-hybridized carbons (Fsp3) is 0.417. The number of carbonyl (C=O) groups excluding carboxylic acids is 1. The van der Waals surface area contributed by atoms with Crippen molar-refractivity contribution in [1.82, 2.24) is 4.90 Å². The predicted octanol–water partition coefficient (Wildman–Crippen LogP) is 1.95. The number of anilines is 1. The number of carbonyl (C=O) groups is 1. The Balaban J connectivity index is 2.06. The van der Waals surface area contributed by atoms with Crippen LogP contribution in [0.15, 0.2) is 18.2 Å². The summed E-state index contributed by atoms with van der Waals surface area (Å²) in [6.07, 6.45) is 1.55. The molecule has 6 heteroatoms. The average Bonchev–Trinajstić information content (AvgIpc) is 2.75. The molecule has 1 aromatic rings. The van der Waals surface area contributed by atoms with Crippen molar-refractivity contribution in [3.63, 3.8) is 0 Å². The lowest BCUT2D eigenvalue weighted by atomic mass is 10.2. The van der Waals surface area contributed by atoms with Gasteiger partial charge in [0.15, 0.2) is 0 Å². The van der Waals surface area contributed by atoms with Crippen LogP contribution in [0.1, 0.15) is 12.8 Å². The number of aliphatic hydroxyl groups excluding tert-OH is 1. The lowest BCUT2D eigenvalue weighted by Gasteiger charge is -2.23. The summed E-state index contributed by atoms with van der Waals surface area (Å²) < 4.78 is 25.9. The largest absolute Gasteiger partial charge is 0.394 e. The van der Waals surface area contributed by atoms with E-state index in [4.69, 9.17) is 5.11 Å². The number of halogens is 2. The minimum absolute atomic E-state index is 0.0705. The molecule has 98 valence electrons. The van der Waals surface area contributed by atoms with Crippen LogP contribution in [0, 0.1) is 11.6 Å². The molecular weight excluding hydrogens is 242 g/mol. The van der Waals surface area contributed by atoms with Crippen LogP contribution in [0.2, 0.25) is 0 Å². The van der Waals surface area contributed by atoms with Crippen LogP contribution in [0.3, 0.4) is 0 Å². The lowest BCUT2D eigenvalue weighted by molar-refractivity contribution is 0.166. The number of amides is 2. The Labute approximate surface area is 103 Å². The van der Waals surface area contributed by atoms with Gasteiger partial charge in [0.05, 0.1) is 12.6 Å². The van der Waals surface area contributed by atoms with Gasteiger partial charge in [-0.25, -0.2) is 13.6 Å². The number of nitrogens with zero attached hydrogens (tertiary/aromatic N) is 1. The third-order valence-electron chi connectivity index (χ3n) is 2.96. The quantitative estimate of drug-likeness (QED) is 0.849. The van der Waals surface area contributed by atoms with Gasteiger partial charge >= 0.3 is 6.03 Å². The first-order valence-corrected chi connectivity index (χ1v) is 5.74. The van der Waals surface area contributed by atoms with Crippen LogP contribution in [0.4, 0.5) is 19.3 Å². The molecule has 0 aromatic heterocycles. The maximum Gasteiger partial charge on any atom is 0.322 e. The fourth-order valence-corrected chi connectivity index (χ4v) is 2.11. The van der Waals surface area contributed by atoms with Gasteiger partial charge in [0.25, 0.3) is 0 Å². The molecular formula is C12H14F2N2O2. The van der Waals surface area contributed by atoms with E-state index in [9.17, 15) is 13.6 Å². The first-order valence-electron chi connectivity index (χ1n) is 5.74. The van der Waals surface area contributed by atoms with E-state index in [0.29, 0.717) is 6.54 Å². The monoisotopic (exact) mass is 256 g/mol. The summed E-state index contributed by atoms with van der Waals surface area (Å²) in [6, 6.07) is 2.16. The first kappa shape index (κ1) is 12.8. The van der Waals surface area contributed by atoms with E-state index in [1.165, 1.54) is 4.90 Å². The fourth-order valence-electron chi connectivity index (χ4n) is 2.11. The van der Waals surface area contributed by atoms with E-state index in [1.807, 2.05) is 0 Å². The highest BCUT2D eigenvalue weighted by Crippen LogP contribution is 2.19. The van der Waals surface area contributed by atoms with Gasteiger partial charge in [-0.2, -0.15) is 0 Å². The van der Waals surface area contributed by atoms with Crippen LogP contribution < -0.4 is 5.32 Å². The smallest absolute Gasteiger partial charge is 0.322 e. The third kappa shape index (κ3) is 2.76. The second-order valence-corrected chi connectivity index (χ2v) is 4.26. The zero-order chi connectivity index (χ0) is 13.1. The van der Waals surface area contributed by atoms with E-state index >= 15 is 0 Å². The zero-order valence-electron chi connectivity index (χ0n) is 9.70. The Kier molecular flexibility index (Phi) is 3.76. The number of urea groups is 1. The van der Waals surface area contributed by atoms with Crippen molar-refractivity contribution in [1.29, 1.82) is 0 Å². The molecule has 2 N–H and O–H groups in total. The number of rotatable bonds is 2. The molecule has 1 heterocycles. The predicted molar refractivity (Wildman–Crippen MR) is 62.2 cm³/mol. The van der Waals surface area contributed by atoms with Gasteiger partial charge in [0.2, 0.25) is 0 Å². The third-order valence-corrected chi connectivity index (χ3v) is 2.96. The van der Waals surface area contributed by atoms with Crippen molar-refractivity contribution in [3.05, 3.63) is 29.8 Å². The normalized spacial score (nSPS) is 19.1. The molecule has 0 aliphatic carbocycles. The van der Waals surface area contributed by atoms with Crippen molar-refractivity contribution in [2.24, 2.45) is 0 Å². The number of aliphatic hydroxyl groups is 1. The summed E-state index contributed by atoms with van der Waals surface area (Å²) in [6.45, 7) is 0.430. The molecule has 1 aromatic carbocycles. The van der Waals surface area contributed by atoms with Crippen LogP contribution >= 0.6 is 0 Å². The van der Waals surface area contributed by atoms with Gasteiger partial charge in [-0.3, -0.25) is 0 Å². The van der Waals surface area contributed by atoms with E-state index in [-0.39, 0.29) is 18.3 Å². The molecule has 1 atom stereocenters. The van der Waals surface area contributed by atoms with Gasteiger partial charge in [-0.15, -0.1) is 0 Å². The summed E-state index contributed by atoms with van der Waals surface area (Å²) in [7, 11) is 0. The molecule has 1 aliphatic heterocycles. The highest BCUT2D eigenvalue weighted by molar-refractivity contribution is 5.89. The Bertz CT molecular complexity index is 433. The molecule has 0 bridgehead atoms. The van der Waals surface area contributed by atoms with Gasteiger partial charge in [-0.1, -0.05) is 0 Å². The maximum absolute atomic E-state index is 13.0. The Morgan fingerprint density at radius 2 is 2.06 bits per heavy atom. The van der Waals surface area contributed by atoms with Gasteiger partial charge in [-0.05, 0) is 25.0 Å². The van der Waals surface area contributed by atoms with Crippen LogP contribution in [-0.2, 0) is 0 Å². The Hall–Kier alpha value is -1.69. The summed E-state index contributed by atoms with van der Waals surface area (Å²) in [5.41, 5.74) is 0.0705. The number of hydrogen-bond donors (Lipinski definition) is 2.